The molecule has 1 atom stereocenters. The third-order valence-electron chi connectivity index (χ3n) is 4.22. The molecule has 1 aliphatic rings. The lowest BCUT2D eigenvalue weighted by Crippen LogP contribution is -2.18. The molecule has 2 aromatic rings. The van der Waals surface area contributed by atoms with Crippen LogP contribution in [-0.4, -0.2) is 21.2 Å². The molecule has 6 heteroatoms. The smallest absolute Gasteiger partial charge is 0.271 e. The van der Waals surface area contributed by atoms with Gasteiger partial charge in [0.15, 0.2) is 0 Å². The number of nitro benzene ring substituents is 1. The number of fused-ring (bicyclic) bond motifs is 1. The van der Waals surface area contributed by atoms with Crippen molar-refractivity contribution in [3.63, 3.8) is 0 Å². The third kappa shape index (κ3) is 2.31. The summed E-state index contributed by atoms with van der Waals surface area (Å²) in [7, 11) is 0. The van der Waals surface area contributed by atoms with Gasteiger partial charge in [-0.15, -0.1) is 0 Å². The van der Waals surface area contributed by atoms with E-state index in [1.165, 1.54) is 11.6 Å². The average Bonchev–Trinajstić information content (AvgIpc) is 2.91. The minimum absolute atomic E-state index is 0.0889. The number of non-ortho nitro benzene ring substituents is 1. The first-order chi connectivity index (χ1) is 10.1. The van der Waals surface area contributed by atoms with Crippen LogP contribution in [0.5, 0.6) is 0 Å². The van der Waals surface area contributed by atoms with E-state index >= 15 is 0 Å². The van der Waals surface area contributed by atoms with Crippen LogP contribution in [0.15, 0.2) is 24.4 Å². The van der Waals surface area contributed by atoms with Crippen molar-refractivity contribution in [2.24, 2.45) is 5.73 Å². The maximum Gasteiger partial charge on any atom is 0.271 e. The van der Waals surface area contributed by atoms with E-state index in [0.717, 1.165) is 36.2 Å². The number of nitrogens with zero attached hydrogens (tertiary/aromatic N) is 3. The largest absolute Gasteiger partial charge is 0.330 e. The van der Waals surface area contributed by atoms with E-state index in [0.29, 0.717) is 12.5 Å². The predicted octanol–water partition coefficient (Wildman–Crippen LogP) is 2.47. The minimum Gasteiger partial charge on any atom is -0.330 e. The summed E-state index contributed by atoms with van der Waals surface area (Å²) in [6.07, 6.45) is 4.97. The number of aryl methyl sites for hydroxylation is 1. The van der Waals surface area contributed by atoms with Crippen LogP contribution in [0.4, 0.5) is 5.69 Å². The summed E-state index contributed by atoms with van der Waals surface area (Å²) in [5.74, 6) is 0.349. The summed E-state index contributed by atoms with van der Waals surface area (Å²) >= 11 is 0. The van der Waals surface area contributed by atoms with Gasteiger partial charge >= 0.3 is 0 Å². The highest BCUT2D eigenvalue weighted by Gasteiger charge is 2.24. The molecule has 0 fully saturated rings. The topological polar surface area (TPSA) is 87.0 Å². The molecule has 1 aliphatic carbocycles. The fourth-order valence-electron chi connectivity index (χ4n) is 3.04. The Morgan fingerprint density at radius 1 is 1.52 bits per heavy atom. The van der Waals surface area contributed by atoms with E-state index in [-0.39, 0.29) is 10.6 Å². The summed E-state index contributed by atoms with van der Waals surface area (Å²) < 4.78 is 1.85. The Balaban J connectivity index is 2.12. The van der Waals surface area contributed by atoms with Gasteiger partial charge in [0.1, 0.15) is 0 Å². The first-order valence-corrected chi connectivity index (χ1v) is 7.14. The molecule has 0 radical (unpaired) electrons. The molecule has 0 spiro atoms. The Kier molecular flexibility index (Phi) is 3.47. The number of rotatable bonds is 3. The predicted molar refractivity (Wildman–Crippen MR) is 79.7 cm³/mol. The van der Waals surface area contributed by atoms with Gasteiger partial charge in [0.2, 0.25) is 0 Å². The van der Waals surface area contributed by atoms with Crippen molar-refractivity contribution in [3.05, 3.63) is 51.3 Å². The molecule has 1 unspecified atom stereocenters. The molecular formula is C15H18N4O2. The maximum atomic E-state index is 11.0. The van der Waals surface area contributed by atoms with Crippen LogP contribution in [0.1, 0.15) is 35.6 Å². The Bertz CT molecular complexity index is 693. The van der Waals surface area contributed by atoms with Crippen molar-refractivity contribution in [1.82, 2.24) is 9.78 Å². The molecule has 1 heterocycles. The van der Waals surface area contributed by atoms with Gasteiger partial charge in [-0.1, -0.05) is 6.07 Å². The number of hydrogen-bond donors (Lipinski definition) is 1. The van der Waals surface area contributed by atoms with Gasteiger partial charge in [0, 0.05) is 17.8 Å². The van der Waals surface area contributed by atoms with E-state index in [1.54, 1.807) is 12.1 Å². The van der Waals surface area contributed by atoms with Gasteiger partial charge in [-0.2, -0.15) is 5.10 Å². The van der Waals surface area contributed by atoms with Crippen molar-refractivity contribution in [2.75, 3.05) is 6.54 Å². The number of aromatic nitrogens is 2. The second-order valence-corrected chi connectivity index (χ2v) is 5.51. The highest BCUT2D eigenvalue weighted by atomic mass is 16.6. The van der Waals surface area contributed by atoms with E-state index in [2.05, 4.69) is 5.10 Å². The molecule has 0 amide bonds. The van der Waals surface area contributed by atoms with Crippen LogP contribution in [-0.2, 0) is 6.42 Å². The Morgan fingerprint density at radius 3 is 3.05 bits per heavy atom. The van der Waals surface area contributed by atoms with Crippen LogP contribution < -0.4 is 5.73 Å². The van der Waals surface area contributed by atoms with Crippen molar-refractivity contribution < 1.29 is 4.92 Å². The highest BCUT2D eigenvalue weighted by Crippen LogP contribution is 2.33. The maximum absolute atomic E-state index is 11.0. The summed E-state index contributed by atoms with van der Waals surface area (Å²) in [5.41, 5.74) is 10.0. The van der Waals surface area contributed by atoms with Crippen LogP contribution >= 0.6 is 0 Å². The molecule has 0 saturated heterocycles. The second-order valence-electron chi connectivity index (χ2n) is 5.51. The fourth-order valence-corrected chi connectivity index (χ4v) is 3.04. The normalized spacial score (nSPS) is 17.5. The molecular weight excluding hydrogens is 268 g/mol. The third-order valence-corrected chi connectivity index (χ3v) is 4.22. The van der Waals surface area contributed by atoms with Crippen LogP contribution in [0.3, 0.4) is 0 Å². The first-order valence-electron chi connectivity index (χ1n) is 7.14. The highest BCUT2D eigenvalue weighted by molar-refractivity contribution is 5.50. The standard InChI is InChI=1S/C15H18N4O2/c1-10-5-6-12(19(20)21)7-15(10)18-14-4-2-3-11(8-16)13(14)9-17-18/h5-7,9,11H,2-4,8,16H2,1H3. The Morgan fingerprint density at radius 2 is 2.33 bits per heavy atom. The SMILES string of the molecule is Cc1ccc([N+](=O)[O-])cc1-n1ncc2c1CCCC2CN. The lowest BCUT2D eigenvalue weighted by atomic mass is 9.87. The summed E-state index contributed by atoms with van der Waals surface area (Å²) in [6, 6.07) is 4.89. The van der Waals surface area contributed by atoms with E-state index in [4.69, 9.17) is 5.73 Å². The number of nitro groups is 1. The summed E-state index contributed by atoms with van der Waals surface area (Å²) in [6.45, 7) is 2.56. The Hall–Kier alpha value is -2.21. The zero-order valence-corrected chi connectivity index (χ0v) is 12.0. The van der Waals surface area contributed by atoms with Gasteiger partial charge in [0.25, 0.3) is 5.69 Å². The van der Waals surface area contributed by atoms with E-state index in [9.17, 15) is 10.1 Å². The molecule has 0 saturated carbocycles. The average molecular weight is 286 g/mol. The second kappa shape index (κ2) is 5.29. The lowest BCUT2D eigenvalue weighted by Gasteiger charge is -2.22. The molecule has 0 bridgehead atoms. The lowest BCUT2D eigenvalue weighted by molar-refractivity contribution is -0.384. The minimum atomic E-state index is -0.373. The fraction of sp³-hybridized carbons (Fsp3) is 0.400. The van der Waals surface area contributed by atoms with E-state index < -0.39 is 0 Å². The summed E-state index contributed by atoms with van der Waals surface area (Å²) in [4.78, 5) is 10.6. The summed E-state index contributed by atoms with van der Waals surface area (Å²) in [5, 5.41) is 15.4. The monoisotopic (exact) mass is 286 g/mol. The van der Waals surface area contributed by atoms with Crippen molar-refractivity contribution in [3.8, 4) is 5.69 Å². The quantitative estimate of drug-likeness (QED) is 0.693. The van der Waals surface area contributed by atoms with Gasteiger partial charge in [-0.05, 0) is 49.8 Å². The number of benzene rings is 1. The van der Waals surface area contributed by atoms with Crippen molar-refractivity contribution >= 4 is 5.69 Å². The molecule has 1 aromatic carbocycles. The van der Waals surface area contributed by atoms with Crippen molar-refractivity contribution in [1.29, 1.82) is 0 Å². The molecule has 3 rings (SSSR count). The van der Waals surface area contributed by atoms with Crippen molar-refractivity contribution in [2.45, 2.75) is 32.1 Å². The molecule has 110 valence electrons. The molecule has 21 heavy (non-hydrogen) atoms. The first kappa shape index (κ1) is 13.8. The zero-order chi connectivity index (χ0) is 15.0. The number of hydrogen-bond acceptors (Lipinski definition) is 4. The van der Waals surface area contributed by atoms with E-state index in [1.807, 2.05) is 17.8 Å². The number of nitrogens with two attached hydrogens (primary N) is 1. The zero-order valence-electron chi connectivity index (χ0n) is 12.0. The molecule has 2 N–H and O–H groups in total. The van der Waals surface area contributed by atoms with Gasteiger partial charge in [0.05, 0.1) is 16.8 Å². The van der Waals surface area contributed by atoms with Gasteiger partial charge in [-0.3, -0.25) is 10.1 Å². The van der Waals surface area contributed by atoms with Gasteiger partial charge in [-0.25, -0.2) is 4.68 Å². The molecule has 1 aromatic heterocycles. The van der Waals surface area contributed by atoms with Crippen LogP contribution in [0, 0.1) is 17.0 Å². The Labute approximate surface area is 122 Å². The molecule has 6 nitrogen and oxygen atoms in total. The van der Waals surface area contributed by atoms with Gasteiger partial charge < -0.3 is 5.73 Å². The van der Waals surface area contributed by atoms with Crippen LogP contribution in [0.2, 0.25) is 0 Å². The van der Waals surface area contributed by atoms with Crippen LogP contribution in [0.25, 0.3) is 5.69 Å². The molecule has 0 aliphatic heterocycles.